The van der Waals surface area contributed by atoms with E-state index in [0.29, 0.717) is 5.56 Å². The number of ether oxygens (including phenoxy) is 1. The SMILES string of the molecule is CN1C(=O)COC1c1ccccc1-c1ccc(C#N)cc1. The van der Waals surface area contributed by atoms with E-state index in [1.165, 1.54) is 0 Å². The van der Waals surface area contributed by atoms with E-state index < -0.39 is 0 Å². The quantitative estimate of drug-likeness (QED) is 0.848. The van der Waals surface area contributed by atoms with Gasteiger partial charge in [-0.15, -0.1) is 0 Å². The second-order valence-corrected chi connectivity index (χ2v) is 4.94. The number of amides is 1. The fraction of sp³-hybridized carbons (Fsp3) is 0.176. The van der Waals surface area contributed by atoms with Gasteiger partial charge in [-0.2, -0.15) is 5.26 Å². The minimum Gasteiger partial charge on any atom is -0.344 e. The Labute approximate surface area is 123 Å². The summed E-state index contributed by atoms with van der Waals surface area (Å²) in [4.78, 5) is 13.3. The van der Waals surface area contributed by atoms with Gasteiger partial charge in [0.25, 0.3) is 5.91 Å². The molecule has 21 heavy (non-hydrogen) atoms. The van der Waals surface area contributed by atoms with Crippen LogP contribution in [0.25, 0.3) is 11.1 Å². The van der Waals surface area contributed by atoms with Crippen molar-refractivity contribution < 1.29 is 9.53 Å². The molecule has 1 aliphatic heterocycles. The van der Waals surface area contributed by atoms with Crippen molar-refractivity contribution in [2.75, 3.05) is 13.7 Å². The summed E-state index contributed by atoms with van der Waals surface area (Å²) < 4.78 is 5.59. The normalized spacial score (nSPS) is 17.8. The Morgan fingerprint density at radius 3 is 2.52 bits per heavy atom. The second-order valence-electron chi connectivity index (χ2n) is 4.94. The lowest BCUT2D eigenvalue weighted by atomic mass is 9.97. The van der Waals surface area contributed by atoms with E-state index >= 15 is 0 Å². The van der Waals surface area contributed by atoms with Crippen molar-refractivity contribution in [3.63, 3.8) is 0 Å². The minimum atomic E-state index is -0.357. The maximum atomic E-state index is 11.7. The van der Waals surface area contributed by atoms with Gasteiger partial charge in [0.1, 0.15) is 6.61 Å². The van der Waals surface area contributed by atoms with E-state index in [4.69, 9.17) is 10.00 Å². The van der Waals surface area contributed by atoms with Crippen LogP contribution in [0.3, 0.4) is 0 Å². The summed E-state index contributed by atoms with van der Waals surface area (Å²) in [5.41, 5.74) is 3.59. The van der Waals surface area contributed by atoms with Crippen molar-refractivity contribution >= 4 is 5.91 Å². The van der Waals surface area contributed by atoms with Gasteiger partial charge >= 0.3 is 0 Å². The highest BCUT2D eigenvalue weighted by Crippen LogP contribution is 2.34. The zero-order valence-corrected chi connectivity index (χ0v) is 11.6. The molecule has 4 heteroatoms. The second kappa shape index (κ2) is 5.39. The average molecular weight is 278 g/mol. The van der Waals surface area contributed by atoms with Crippen molar-refractivity contribution in [1.29, 1.82) is 5.26 Å². The zero-order valence-electron chi connectivity index (χ0n) is 11.6. The van der Waals surface area contributed by atoms with Gasteiger partial charge < -0.3 is 9.64 Å². The molecule has 0 saturated carbocycles. The highest BCUT2D eigenvalue weighted by molar-refractivity contribution is 5.80. The topological polar surface area (TPSA) is 53.3 Å². The number of hydrogen-bond acceptors (Lipinski definition) is 3. The summed E-state index contributed by atoms with van der Waals surface area (Å²) in [7, 11) is 1.75. The number of benzene rings is 2. The molecule has 4 nitrogen and oxygen atoms in total. The molecule has 0 aromatic heterocycles. The lowest BCUT2D eigenvalue weighted by Crippen LogP contribution is -2.23. The first-order chi connectivity index (χ1) is 10.2. The van der Waals surface area contributed by atoms with Crippen LogP contribution in [0.5, 0.6) is 0 Å². The molecule has 1 aliphatic rings. The summed E-state index contributed by atoms with van der Waals surface area (Å²) in [6.07, 6.45) is -0.357. The third kappa shape index (κ3) is 2.39. The highest BCUT2D eigenvalue weighted by Gasteiger charge is 2.31. The first-order valence-corrected chi connectivity index (χ1v) is 6.67. The molecule has 3 rings (SSSR count). The third-order valence-corrected chi connectivity index (χ3v) is 3.66. The van der Waals surface area contributed by atoms with Gasteiger partial charge in [-0.1, -0.05) is 36.4 Å². The van der Waals surface area contributed by atoms with Crippen LogP contribution in [0.1, 0.15) is 17.4 Å². The van der Waals surface area contributed by atoms with E-state index in [9.17, 15) is 4.79 Å². The van der Waals surface area contributed by atoms with Gasteiger partial charge in [0.2, 0.25) is 0 Å². The van der Waals surface area contributed by atoms with Crippen LogP contribution in [-0.2, 0) is 9.53 Å². The van der Waals surface area contributed by atoms with Crippen LogP contribution in [-0.4, -0.2) is 24.5 Å². The van der Waals surface area contributed by atoms with Crippen LogP contribution in [0, 0.1) is 11.3 Å². The van der Waals surface area contributed by atoms with Gasteiger partial charge in [0, 0.05) is 12.6 Å². The van der Waals surface area contributed by atoms with Crippen LogP contribution in [0.4, 0.5) is 0 Å². The lowest BCUT2D eigenvalue weighted by Gasteiger charge is -2.21. The van der Waals surface area contributed by atoms with E-state index in [1.807, 2.05) is 36.4 Å². The molecule has 1 unspecified atom stereocenters. The molecule has 0 radical (unpaired) electrons. The lowest BCUT2D eigenvalue weighted by molar-refractivity contribution is -0.126. The Balaban J connectivity index is 2.03. The maximum Gasteiger partial charge on any atom is 0.250 e. The standard InChI is InChI=1S/C17H14N2O2/c1-19-16(20)11-21-17(19)15-5-3-2-4-14(15)13-8-6-12(10-18)7-9-13/h2-9,17H,11H2,1H3. The zero-order chi connectivity index (χ0) is 14.8. The van der Waals surface area contributed by atoms with E-state index in [1.54, 1.807) is 24.1 Å². The molecule has 1 heterocycles. The Bertz CT molecular complexity index is 716. The fourth-order valence-electron chi connectivity index (χ4n) is 2.49. The Hall–Kier alpha value is -2.64. The largest absolute Gasteiger partial charge is 0.344 e. The van der Waals surface area contributed by atoms with E-state index in [2.05, 4.69) is 6.07 Å². The van der Waals surface area contributed by atoms with Crippen LogP contribution < -0.4 is 0 Å². The van der Waals surface area contributed by atoms with Gasteiger partial charge in [-0.25, -0.2) is 0 Å². The number of carbonyl (C=O) groups is 1. The van der Waals surface area contributed by atoms with Crippen molar-refractivity contribution in [1.82, 2.24) is 4.90 Å². The van der Waals surface area contributed by atoms with Crippen molar-refractivity contribution in [2.45, 2.75) is 6.23 Å². The van der Waals surface area contributed by atoms with Crippen molar-refractivity contribution in [3.8, 4) is 17.2 Å². The minimum absolute atomic E-state index is 0.0189. The molecular weight excluding hydrogens is 264 g/mol. The smallest absolute Gasteiger partial charge is 0.250 e. The molecule has 0 spiro atoms. The summed E-state index contributed by atoms with van der Waals surface area (Å²) in [6.45, 7) is 0.114. The monoisotopic (exact) mass is 278 g/mol. The highest BCUT2D eigenvalue weighted by atomic mass is 16.5. The summed E-state index contributed by atoms with van der Waals surface area (Å²) in [5.74, 6) is -0.0189. The molecule has 1 atom stereocenters. The molecule has 2 aromatic rings. The van der Waals surface area contributed by atoms with Crippen LogP contribution in [0.15, 0.2) is 48.5 Å². The first-order valence-electron chi connectivity index (χ1n) is 6.67. The summed E-state index contributed by atoms with van der Waals surface area (Å²) >= 11 is 0. The fourth-order valence-corrected chi connectivity index (χ4v) is 2.49. The molecule has 104 valence electrons. The molecule has 1 fully saturated rings. The molecule has 2 aromatic carbocycles. The van der Waals surface area contributed by atoms with Gasteiger partial charge in [0.05, 0.1) is 11.6 Å². The average Bonchev–Trinajstić information content (AvgIpc) is 2.87. The van der Waals surface area contributed by atoms with Gasteiger partial charge in [0.15, 0.2) is 6.23 Å². The third-order valence-electron chi connectivity index (χ3n) is 3.66. The summed E-state index contributed by atoms with van der Waals surface area (Å²) in [6, 6.07) is 17.4. The molecule has 0 aliphatic carbocycles. The predicted octanol–water partition coefficient (Wildman–Crippen LogP) is 2.71. The van der Waals surface area contributed by atoms with Crippen molar-refractivity contribution in [2.24, 2.45) is 0 Å². The van der Waals surface area contributed by atoms with Gasteiger partial charge in [-0.3, -0.25) is 4.79 Å². The number of carbonyl (C=O) groups excluding carboxylic acids is 1. The summed E-state index contributed by atoms with van der Waals surface area (Å²) in [5, 5.41) is 8.88. The van der Waals surface area contributed by atoms with Crippen LogP contribution >= 0.6 is 0 Å². The van der Waals surface area contributed by atoms with Crippen LogP contribution in [0.2, 0.25) is 0 Å². The molecule has 0 N–H and O–H groups in total. The first kappa shape index (κ1) is 13.3. The molecule has 0 bridgehead atoms. The number of hydrogen-bond donors (Lipinski definition) is 0. The van der Waals surface area contributed by atoms with Gasteiger partial charge in [-0.05, 0) is 23.3 Å². The number of nitrogens with zero attached hydrogens (tertiary/aromatic N) is 2. The molecule has 1 saturated heterocycles. The number of likely N-dealkylation sites (N-methyl/N-ethyl adjacent to an activating group) is 1. The number of nitriles is 1. The van der Waals surface area contributed by atoms with E-state index in [-0.39, 0.29) is 18.7 Å². The predicted molar refractivity (Wildman–Crippen MR) is 78.1 cm³/mol. The Kier molecular flexibility index (Phi) is 3.43. The molecular formula is C17H14N2O2. The Morgan fingerprint density at radius 1 is 1.19 bits per heavy atom. The van der Waals surface area contributed by atoms with E-state index in [0.717, 1.165) is 16.7 Å². The maximum absolute atomic E-state index is 11.7. The Morgan fingerprint density at radius 2 is 1.90 bits per heavy atom. The molecule has 1 amide bonds. The van der Waals surface area contributed by atoms with Crippen molar-refractivity contribution in [3.05, 3.63) is 59.7 Å². The number of rotatable bonds is 2.